The number of anilines is 10. The minimum atomic E-state index is -5.12. The van der Waals surface area contributed by atoms with Crippen molar-refractivity contribution in [1.29, 1.82) is 0 Å². The first-order valence-electron chi connectivity index (χ1n) is 17.9. The molecule has 0 saturated carbocycles. The molecule has 0 aliphatic carbocycles. The van der Waals surface area contributed by atoms with Crippen LogP contribution in [0.15, 0.2) is 107 Å². The predicted molar refractivity (Wildman–Crippen MR) is 224 cm³/mol. The second kappa shape index (κ2) is 22.5. The van der Waals surface area contributed by atoms with Crippen LogP contribution in [0.4, 0.5) is 58.4 Å². The monoisotopic (exact) mass is 900 g/mol. The fraction of sp³-hybridized carbons (Fsp3) is 0.158. The molecule has 0 atom stereocenters. The standard InChI is InChI=1S/C38H40N12O8S2.2Na/c1-49(19-21-51)37-45-33(39-27-9-5-3-6-10-27)43-35(47-37)41-29-17-15-25(31(23-29)59(53,54)55)13-14-26-16-18-30(24-32(26)60(56,57)58)42-36-44-34(40-28-11-7-4-8-12-28)46-38(48-36)50(2)20-22-52;;/h3-18,23-24,51-52H,19-22H2,1-2H3,(H,53,54,55)(H,56,57,58)(H2,39,41,43,45,47)(H2,40,42,44,46,48);;/q;2*+1/p-2. The molecule has 312 valence electrons. The van der Waals surface area contributed by atoms with Gasteiger partial charge in [0.05, 0.1) is 23.0 Å². The maximum atomic E-state index is 12.5. The van der Waals surface area contributed by atoms with E-state index in [1.54, 1.807) is 48.2 Å². The number of likely N-dealkylation sites (N-methyl/N-ethyl adjacent to an activating group) is 2. The molecule has 6 N–H and O–H groups in total. The maximum Gasteiger partial charge on any atom is 1.00 e. The Hall–Kier alpha value is -4.82. The Bertz CT molecular complexity index is 2530. The minimum absolute atomic E-state index is 0. The molecule has 0 fully saturated rings. The van der Waals surface area contributed by atoms with E-state index in [1.807, 2.05) is 36.4 Å². The molecular formula is C38H38N12Na2O8S2. The van der Waals surface area contributed by atoms with Crippen LogP contribution in [-0.2, 0) is 20.2 Å². The molecule has 0 amide bonds. The zero-order chi connectivity index (χ0) is 42.9. The first kappa shape index (κ1) is 49.8. The molecule has 2 aromatic heterocycles. The third kappa shape index (κ3) is 13.8. The second-order valence-electron chi connectivity index (χ2n) is 12.8. The molecular weight excluding hydrogens is 863 g/mol. The Balaban J connectivity index is 0.00000422. The Morgan fingerprint density at radius 2 is 0.839 bits per heavy atom. The number of hydrogen-bond donors (Lipinski definition) is 6. The summed E-state index contributed by atoms with van der Waals surface area (Å²) in [6, 6.07) is 25.7. The number of rotatable bonds is 18. The van der Waals surface area contributed by atoms with Gasteiger partial charge in [0.25, 0.3) is 0 Å². The Labute approximate surface area is 402 Å². The van der Waals surface area contributed by atoms with Crippen molar-refractivity contribution in [2.24, 2.45) is 0 Å². The van der Waals surface area contributed by atoms with Crippen LogP contribution >= 0.6 is 0 Å². The van der Waals surface area contributed by atoms with Crippen molar-refractivity contribution in [3.05, 3.63) is 108 Å². The minimum Gasteiger partial charge on any atom is -0.744 e. The first-order chi connectivity index (χ1) is 28.7. The largest absolute Gasteiger partial charge is 1.00 e. The van der Waals surface area contributed by atoms with Gasteiger partial charge in [-0.2, -0.15) is 29.9 Å². The van der Waals surface area contributed by atoms with E-state index in [2.05, 4.69) is 51.2 Å². The first-order valence-corrected chi connectivity index (χ1v) is 20.7. The summed E-state index contributed by atoms with van der Waals surface area (Å²) >= 11 is 0. The van der Waals surface area contributed by atoms with Crippen molar-refractivity contribution in [1.82, 2.24) is 29.9 Å². The van der Waals surface area contributed by atoms with Gasteiger partial charge in [-0.15, -0.1) is 0 Å². The zero-order valence-corrected chi connectivity index (χ0v) is 39.6. The van der Waals surface area contributed by atoms with Crippen LogP contribution in [-0.4, -0.2) is 106 Å². The molecule has 4 aromatic carbocycles. The summed E-state index contributed by atoms with van der Waals surface area (Å²) in [5, 5.41) is 30.8. The molecule has 2 heterocycles. The van der Waals surface area contributed by atoms with Crippen LogP contribution in [0.5, 0.6) is 0 Å². The number of aromatic nitrogens is 6. The SMILES string of the molecule is CN(CCO)c1nc(Nc2ccccc2)nc(Nc2ccc(C=Cc3ccc(Nc4nc(Nc5ccccc5)nc(N(C)CCO)n4)cc3S(=O)(=O)[O-])c(S(=O)(=O)[O-])c2)n1.[Na+].[Na+]. The van der Waals surface area contributed by atoms with Crippen molar-refractivity contribution in [2.45, 2.75) is 9.79 Å². The van der Waals surface area contributed by atoms with Crippen molar-refractivity contribution in [3.8, 4) is 0 Å². The van der Waals surface area contributed by atoms with E-state index in [9.17, 15) is 36.2 Å². The van der Waals surface area contributed by atoms with Gasteiger partial charge in [-0.3, -0.25) is 0 Å². The van der Waals surface area contributed by atoms with E-state index in [-0.39, 0.29) is 144 Å². The van der Waals surface area contributed by atoms with Gasteiger partial charge in [0.15, 0.2) is 0 Å². The average Bonchev–Trinajstić information content (AvgIpc) is 3.20. The van der Waals surface area contributed by atoms with E-state index in [4.69, 9.17) is 0 Å². The second-order valence-corrected chi connectivity index (χ2v) is 15.5. The summed E-state index contributed by atoms with van der Waals surface area (Å²) in [6.07, 6.45) is 2.38. The Morgan fingerprint density at radius 3 is 1.15 bits per heavy atom. The maximum absolute atomic E-state index is 12.5. The third-order valence-corrected chi connectivity index (χ3v) is 10.2. The van der Waals surface area contributed by atoms with E-state index >= 15 is 0 Å². The van der Waals surface area contributed by atoms with E-state index in [1.165, 1.54) is 36.4 Å². The van der Waals surface area contributed by atoms with Crippen LogP contribution in [0.1, 0.15) is 11.1 Å². The zero-order valence-electron chi connectivity index (χ0n) is 34.0. The number of aliphatic hydroxyl groups excluding tert-OH is 2. The topological polar surface area (TPSA) is 287 Å². The molecule has 0 aliphatic rings. The Kier molecular flexibility index (Phi) is 18.1. The molecule has 6 rings (SSSR count). The number of aliphatic hydroxyl groups is 2. The van der Waals surface area contributed by atoms with Crippen LogP contribution in [0.25, 0.3) is 12.2 Å². The van der Waals surface area contributed by atoms with Crippen LogP contribution in [0.3, 0.4) is 0 Å². The quantitative estimate of drug-likeness (QED) is 0.0305. The van der Waals surface area contributed by atoms with Crippen molar-refractivity contribution in [2.75, 3.05) is 71.5 Å². The van der Waals surface area contributed by atoms with E-state index in [0.717, 1.165) is 12.1 Å². The molecule has 0 spiro atoms. The number of nitrogens with zero attached hydrogens (tertiary/aromatic N) is 8. The third-order valence-electron chi connectivity index (χ3n) is 8.38. The number of hydrogen-bond acceptors (Lipinski definition) is 20. The van der Waals surface area contributed by atoms with E-state index in [0.29, 0.717) is 11.4 Å². The average molecular weight is 901 g/mol. The van der Waals surface area contributed by atoms with Gasteiger partial charge in [0.2, 0.25) is 35.7 Å². The fourth-order valence-corrected chi connectivity index (χ4v) is 6.86. The van der Waals surface area contributed by atoms with Gasteiger partial charge in [0.1, 0.15) is 20.2 Å². The number of para-hydroxylation sites is 2. The summed E-state index contributed by atoms with van der Waals surface area (Å²) in [5.74, 6) is 0.579. The summed E-state index contributed by atoms with van der Waals surface area (Å²) in [6.45, 7) is 0.0195. The van der Waals surface area contributed by atoms with Gasteiger partial charge >= 0.3 is 59.1 Å². The van der Waals surface area contributed by atoms with Crippen molar-refractivity contribution >= 4 is 90.8 Å². The van der Waals surface area contributed by atoms with Crippen molar-refractivity contribution < 1.29 is 95.3 Å². The van der Waals surface area contributed by atoms with Crippen LogP contribution in [0, 0.1) is 0 Å². The van der Waals surface area contributed by atoms with E-state index < -0.39 is 30.0 Å². The van der Waals surface area contributed by atoms with Crippen LogP contribution in [0.2, 0.25) is 0 Å². The van der Waals surface area contributed by atoms with Crippen molar-refractivity contribution in [3.63, 3.8) is 0 Å². The van der Waals surface area contributed by atoms with Gasteiger partial charge < -0.3 is 50.4 Å². The molecule has 24 heteroatoms. The smallest absolute Gasteiger partial charge is 0.744 e. The summed E-state index contributed by atoms with van der Waals surface area (Å²) in [7, 11) is -6.93. The molecule has 0 saturated heterocycles. The summed E-state index contributed by atoms with van der Waals surface area (Å²) in [5.41, 5.74) is 1.34. The van der Waals surface area contributed by atoms with Gasteiger partial charge in [-0.25, -0.2) is 16.8 Å². The van der Waals surface area contributed by atoms with Gasteiger partial charge in [0, 0.05) is 49.9 Å². The number of nitrogens with one attached hydrogen (secondary N) is 4. The summed E-state index contributed by atoms with van der Waals surface area (Å²) < 4.78 is 75.2. The predicted octanol–water partition coefficient (Wildman–Crippen LogP) is -2.13. The Morgan fingerprint density at radius 1 is 0.516 bits per heavy atom. The molecule has 0 bridgehead atoms. The normalized spacial score (nSPS) is 11.3. The summed E-state index contributed by atoms with van der Waals surface area (Å²) in [4.78, 5) is 28.1. The molecule has 6 aromatic rings. The molecule has 0 radical (unpaired) electrons. The molecule has 20 nitrogen and oxygen atoms in total. The van der Waals surface area contributed by atoms with Crippen LogP contribution < -0.4 is 90.2 Å². The molecule has 0 aliphatic heterocycles. The van der Waals surface area contributed by atoms with Gasteiger partial charge in [-0.1, -0.05) is 60.7 Å². The fourth-order valence-electron chi connectivity index (χ4n) is 5.47. The van der Waals surface area contributed by atoms with Gasteiger partial charge in [-0.05, 0) is 59.7 Å². The molecule has 0 unspecified atom stereocenters. The molecule has 62 heavy (non-hydrogen) atoms. The number of benzene rings is 4.